The minimum atomic E-state index is -1.64. The van der Waals surface area contributed by atoms with Crippen LogP contribution in [0.3, 0.4) is 0 Å². The molecular formula is C19H31BN2O4. The Morgan fingerprint density at radius 1 is 1.12 bits per heavy atom. The van der Waals surface area contributed by atoms with Gasteiger partial charge in [0.25, 0.3) is 0 Å². The van der Waals surface area contributed by atoms with Crippen LogP contribution in [0.15, 0.2) is 30.3 Å². The normalized spacial score (nSPS) is 13.2. The molecule has 0 bridgehead atoms. The smallest absolute Gasteiger partial charge is 0.426 e. The summed E-state index contributed by atoms with van der Waals surface area (Å²) in [7, 11) is -1.64. The summed E-state index contributed by atoms with van der Waals surface area (Å²) >= 11 is 0. The molecule has 0 aliphatic rings. The van der Waals surface area contributed by atoms with Crippen LogP contribution in [0.1, 0.15) is 52.0 Å². The number of nitrogens with one attached hydrogen (secondary N) is 2. The van der Waals surface area contributed by atoms with Crippen molar-refractivity contribution < 1.29 is 19.6 Å². The molecule has 7 heteroatoms. The van der Waals surface area contributed by atoms with E-state index in [0.717, 1.165) is 18.4 Å². The molecule has 4 N–H and O–H groups in total. The highest BCUT2D eigenvalue weighted by Gasteiger charge is 2.29. The van der Waals surface area contributed by atoms with Crippen LogP contribution in [-0.4, -0.2) is 41.0 Å². The second-order valence-corrected chi connectivity index (χ2v) is 7.07. The first-order valence-electron chi connectivity index (χ1n) is 9.33. The van der Waals surface area contributed by atoms with Gasteiger partial charge in [0.15, 0.2) is 0 Å². The molecule has 0 aromatic heterocycles. The topological polar surface area (TPSA) is 98.7 Å². The van der Waals surface area contributed by atoms with Crippen molar-refractivity contribution in [2.24, 2.45) is 5.92 Å². The molecule has 0 fully saturated rings. The second kappa shape index (κ2) is 11.7. The molecule has 144 valence electrons. The van der Waals surface area contributed by atoms with Crippen LogP contribution in [-0.2, 0) is 16.0 Å². The average molecular weight is 362 g/mol. The molecule has 0 unspecified atom stereocenters. The molecule has 2 atom stereocenters. The van der Waals surface area contributed by atoms with Crippen LogP contribution in [0.4, 0.5) is 0 Å². The van der Waals surface area contributed by atoms with Crippen molar-refractivity contribution in [3.05, 3.63) is 35.9 Å². The minimum Gasteiger partial charge on any atom is -0.426 e. The Bertz CT molecular complexity index is 552. The fourth-order valence-electron chi connectivity index (χ4n) is 2.71. The van der Waals surface area contributed by atoms with E-state index in [1.807, 2.05) is 51.1 Å². The quantitative estimate of drug-likeness (QED) is 0.448. The van der Waals surface area contributed by atoms with Gasteiger partial charge in [0.1, 0.15) is 6.04 Å². The first-order valence-corrected chi connectivity index (χ1v) is 9.33. The Balaban J connectivity index is 2.83. The van der Waals surface area contributed by atoms with Crippen molar-refractivity contribution in [2.45, 2.75) is 64.9 Å². The fraction of sp³-hybridized carbons (Fsp3) is 0.579. The number of unbranched alkanes of at least 4 members (excludes halogenated alkanes) is 1. The lowest BCUT2D eigenvalue weighted by Crippen LogP contribution is -2.55. The largest absolute Gasteiger partial charge is 0.475 e. The summed E-state index contributed by atoms with van der Waals surface area (Å²) in [5.74, 6) is -1.16. The van der Waals surface area contributed by atoms with Crippen molar-refractivity contribution in [3.63, 3.8) is 0 Å². The van der Waals surface area contributed by atoms with E-state index in [4.69, 9.17) is 0 Å². The van der Waals surface area contributed by atoms with Gasteiger partial charge >= 0.3 is 7.12 Å². The van der Waals surface area contributed by atoms with Crippen molar-refractivity contribution >= 4 is 18.9 Å². The standard InChI is InChI=1S/C19H31BN2O4/c1-4-5-11-18(23)21-16(13-15-9-7-6-8-10-15)19(24)22-17(20(25)26)12-14(2)3/h6-10,14,16-17,25-26H,4-5,11-13H2,1-3H3,(H,21,23)(H,22,24)/t16-,17-/m0/s1. The molecule has 1 aromatic rings. The zero-order chi connectivity index (χ0) is 19.5. The van der Waals surface area contributed by atoms with Gasteiger partial charge in [0.2, 0.25) is 11.8 Å². The zero-order valence-electron chi connectivity index (χ0n) is 15.9. The lowest BCUT2D eigenvalue weighted by atomic mass is 9.75. The number of hydrogen-bond acceptors (Lipinski definition) is 4. The molecule has 2 amide bonds. The summed E-state index contributed by atoms with van der Waals surface area (Å²) in [5.41, 5.74) is 0.924. The van der Waals surface area contributed by atoms with E-state index in [2.05, 4.69) is 10.6 Å². The van der Waals surface area contributed by atoms with Crippen LogP contribution in [0, 0.1) is 5.92 Å². The highest BCUT2D eigenvalue weighted by Crippen LogP contribution is 2.08. The van der Waals surface area contributed by atoms with Gasteiger partial charge in [-0.25, -0.2) is 0 Å². The van der Waals surface area contributed by atoms with Gasteiger partial charge in [0.05, 0.1) is 5.94 Å². The molecule has 0 radical (unpaired) electrons. The van der Waals surface area contributed by atoms with Crippen LogP contribution < -0.4 is 10.6 Å². The Kier molecular flexibility index (Phi) is 9.98. The molecular weight excluding hydrogens is 331 g/mol. The minimum absolute atomic E-state index is 0.173. The maximum absolute atomic E-state index is 12.7. The molecule has 0 aliphatic carbocycles. The van der Waals surface area contributed by atoms with Gasteiger partial charge in [-0.2, -0.15) is 0 Å². The Morgan fingerprint density at radius 2 is 1.77 bits per heavy atom. The summed E-state index contributed by atoms with van der Waals surface area (Å²) in [4.78, 5) is 24.8. The predicted molar refractivity (Wildman–Crippen MR) is 103 cm³/mol. The third-order valence-electron chi connectivity index (χ3n) is 4.10. The summed E-state index contributed by atoms with van der Waals surface area (Å²) in [5, 5.41) is 24.5. The van der Waals surface area contributed by atoms with Gasteiger partial charge < -0.3 is 20.7 Å². The van der Waals surface area contributed by atoms with E-state index >= 15 is 0 Å². The number of hydrogen-bond donors (Lipinski definition) is 4. The van der Waals surface area contributed by atoms with E-state index in [1.54, 1.807) is 0 Å². The highest BCUT2D eigenvalue weighted by molar-refractivity contribution is 6.43. The van der Waals surface area contributed by atoms with Crippen molar-refractivity contribution in [1.82, 2.24) is 10.6 Å². The van der Waals surface area contributed by atoms with Crippen molar-refractivity contribution in [3.8, 4) is 0 Å². The molecule has 0 saturated carbocycles. The number of amides is 2. The van der Waals surface area contributed by atoms with Gasteiger partial charge in [-0.05, 0) is 24.3 Å². The van der Waals surface area contributed by atoms with Crippen LogP contribution >= 0.6 is 0 Å². The Labute approximate surface area is 156 Å². The molecule has 0 aliphatic heterocycles. The lowest BCUT2D eigenvalue weighted by Gasteiger charge is -2.24. The monoisotopic (exact) mass is 362 g/mol. The van der Waals surface area contributed by atoms with Crippen molar-refractivity contribution in [1.29, 1.82) is 0 Å². The molecule has 0 saturated heterocycles. The maximum Gasteiger partial charge on any atom is 0.475 e. The van der Waals surface area contributed by atoms with Crippen LogP contribution in [0.2, 0.25) is 0 Å². The lowest BCUT2D eigenvalue weighted by molar-refractivity contribution is -0.129. The van der Waals surface area contributed by atoms with E-state index in [0.29, 0.717) is 19.3 Å². The zero-order valence-corrected chi connectivity index (χ0v) is 15.9. The van der Waals surface area contributed by atoms with E-state index in [9.17, 15) is 19.6 Å². The molecule has 26 heavy (non-hydrogen) atoms. The predicted octanol–water partition coefficient (Wildman–Crippen LogP) is 1.45. The Hall–Kier alpha value is -1.86. The average Bonchev–Trinajstić information content (AvgIpc) is 2.59. The summed E-state index contributed by atoms with van der Waals surface area (Å²) < 4.78 is 0. The number of carbonyl (C=O) groups excluding carboxylic acids is 2. The highest BCUT2D eigenvalue weighted by atomic mass is 16.4. The maximum atomic E-state index is 12.7. The van der Waals surface area contributed by atoms with E-state index in [-0.39, 0.29) is 11.8 Å². The van der Waals surface area contributed by atoms with Crippen LogP contribution in [0.25, 0.3) is 0 Å². The molecule has 0 spiro atoms. The van der Waals surface area contributed by atoms with E-state index in [1.165, 1.54) is 0 Å². The number of benzene rings is 1. The van der Waals surface area contributed by atoms with Gasteiger partial charge in [-0.15, -0.1) is 0 Å². The Morgan fingerprint density at radius 3 is 2.31 bits per heavy atom. The number of carbonyl (C=O) groups is 2. The summed E-state index contributed by atoms with van der Waals surface area (Å²) in [6, 6.07) is 8.68. The molecule has 6 nitrogen and oxygen atoms in total. The summed E-state index contributed by atoms with van der Waals surface area (Å²) in [6.45, 7) is 5.88. The summed E-state index contributed by atoms with van der Waals surface area (Å²) in [6.07, 6.45) is 2.81. The van der Waals surface area contributed by atoms with E-state index < -0.39 is 25.0 Å². The van der Waals surface area contributed by atoms with Crippen LogP contribution in [0.5, 0.6) is 0 Å². The first kappa shape index (κ1) is 22.2. The SMILES string of the molecule is CCCCC(=O)N[C@@H](Cc1ccccc1)C(=O)N[C@@H](CC(C)C)B(O)O. The van der Waals surface area contributed by atoms with Gasteiger partial charge in [-0.1, -0.05) is 57.5 Å². The van der Waals surface area contributed by atoms with Gasteiger partial charge in [-0.3, -0.25) is 9.59 Å². The van der Waals surface area contributed by atoms with Gasteiger partial charge in [0, 0.05) is 12.8 Å². The van der Waals surface area contributed by atoms with Crippen molar-refractivity contribution in [2.75, 3.05) is 0 Å². The first-order chi connectivity index (χ1) is 12.3. The molecule has 0 heterocycles. The fourth-order valence-corrected chi connectivity index (χ4v) is 2.71. The third-order valence-corrected chi connectivity index (χ3v) is 4.10. The molecule has 1 rings (SSSR count). The third kappa shape index (κ3) is 8.49. The second-order valence-electron chi connectivity index (χ2n) is 7.07. The molecule has 1 aromatic carbocycles. The number of rotatable bonds is 11.